The number of carbonyl (C=O) groups excluding carboxylic acids is 1. The second-order valence-electron chi connectivity index (χ2n) is 4.54. The summed E-state index contributed by atoms with van der Waals surface area (Å²) in [7, 11) is 0. The molecule has 1 aromatic heterocycles. The summed E-state index contributed by atoms with van der Waals surface area (Å²) >= 11 is 1.33. The van der Waals surface area contributed by atoms with Gasteiger partial charge in [-0.15, -0.1) is 0 Å². The lowest BCUT2D eigenvalue weighted by Gasteiger charge is -2.23. The topological polar surface area (TPSA) is 88.3 Å². The van der Waals surface area contributed by atoms with Gasteiger partial charge in [0.15, 0.2) is 10.9 Å². The van der Waals surface area contributed by atoms with Gasteiger partial charge in [-0.1, -0.05) is 11.8 Å². The Morgan fingerprint density at radius 3 is 2.95 bits per heavy atom. The van der Waals surface area contributed by atoms with E-state index in [0.717, 1.165) is 6.42 Å². The normalized spacial score (nSPS) is 15.0. The van der Waals surface area contributed by atoms with Gasteiger partial charge in [0.25, 0.3) is 0 Å². The molecule has 0 atom stereocenters. The third kappa shape index (κ3) is 3.67. The predicted molar refractivity (Wildman–Crippen MR) is 82.1 cm³/mol. The van der Waals surface area contributed by atoms with Crippen LogP contribution in [0.1, 0.15) is 29.4 Å². The van der Waals surface area contributed by atoms with Gasteiger partial charge in [0.2, 0.25) is 0 Å². The predicted octanol–water partition coefficient (Wildman–Crippen LogP) is 1.47. The number of esters is 1. The van der Waals surface area contributed by atoms with Crippen LogP contribution in [0, 0.1) is 11.3 Å². The number of aromatic nitrogens is 2. The Balaban J connectivity index is 2.52. The fourth-order valence-electron chi connectivity index (χ4n) is 2.18. The molecule has 0 aromatic carbocycles. The number of nitriles is 1. The zero-order valence-corrected chi connectivity index (χ0v) is 13.5. The van der Waals surface area contributed by atoms with Crippen molar-refractivity contribution in [3.8, 4) is 6.07 Å². The molecule has 0 radical (unpaired) electrons. The van der Waals surface area contributed by atoms with Crippen molar-refractivity contribution in [1.29, 1.82) is 5.26 Å². The number of anilines is 1. The Morgan fingerprint density at radius 1 is 1.45 bits per heavy atom. The van der Waals surface area contributed by atoms with Gasteiger partial charge in [-0.25, -0.2) is 14.8 Å². The van der Waals surface area contributed by atoms with Gasteiger partial charge in [0.05, 0.1) is 13.2 Å². The van der Waals surface area contributed by atoms with Crippen LogP contribution in [-0.4, -0.2) is 55.1 Å². The van der Waals surface area contributed by atoms with Crippen LogP contribution in [0.25, 0.3) is 0 Å². The monoisotopic (exact) mass is 322 g/mol. The van der Waals surface area contributed by atoms with Gasteiger partial charge >= 0.3 is 5.97 Å². The molecule has 0 unspecified atom stereocenters. The maximum Gasteiger partial charge on any atom is 0.344 e. The van der Waals surface area contributed by atoms with E-state index < -0.39 is 5.97 Å². The molecule has 0 N–H and O–H groups in total. The Hall–Kier alpha value is -1.85. The lowest BCUT2D eigenvalue weighted by molar-refractivity contribution is 0.0525. The highest BCUT2D eigenvalue weighted by molar-refractivity contribution is 7.98. The minimum absolute atomic E-state index is 0.0537. The van der Waals surface area contributed by atoms with Crippen molar-refractivity contribution in [2.24, 2.45) is 0 Å². The van der Waals surface area contributed by atoms with Crippen molar-refractivity contribution in [3.05, 3.63) is 11.3 Å². The molecule has 0 bridgehead atoms. The summed E-state index contributed by atoms with van der Waals surface area (Å²) in [6.07, 6.45) is 2.67. The summed E-state index contributed by atoms with van der Waals surface area (Å²) in [6, 6.07) is 1.98. The summed E-state index contributed by atoms with van der Waals surface area (Å²) in [5.74, 6) is -0.105. The lowest BCUT2D eigenvalue weighted by Crippen LogP contribution is -2.30. The smallest absolute Gasteiger partial charge is 0.344 e. The Bertz CT molecular complexity index is 580. The molecule has 0 aliphatic carbocycles. The maximum absolute atomic E-state index is 12.3. The zero-order chi connectivity index (χ0) is 15.9. The van der Waals surface area contributed by atoms with Crippen LogP contribution in [-0.2, 0) is 9.47 Å². The lowest BCUT2D eigenvalue weighted by atomic mass is 10.2. The molecule has 22 heavy (non-hydrogen) atoms. The summed E-state index contributed by atoms with van der Waals surface area (Å²) in [4.78, 5) is 22.8. The van der Waals surface area contributed by atoms with E-state index in [0.29, 0.717) is 37.3 Å². The van der Waals surface area contributed by atoms with Gasteiger partial charge in [-0.2, -0.15) is 5.26 Å². The summed E-state index contributed by atoms with van der Waals surface area (Å²) in [5, 5.41) is 9.80. The number of thioether (sulfide) groups is 1. The molecule has 0 saturated carbocycles. The summed E-state index contributed by atoms with van der Waals surface area (Å²) in [6.45, 7) is 4.51. The highest BCUT2D eigenvalue weighted by atomic mass is 32.2. The van der Waals surface area contributed by atoms with E-state index in [1.54, 1.807) is 6.92 Å². The number of nitrogens with zero attached hydrogens (tertiary/aromatic N) is 4. The van der Waals surface area contributed by atoms with Crippen molar-refractivity contribution in [1.82, 2.24) is 9.97 Å². The molecule has 2 rings (SSSR count). The fourth-order valence-corrected chi connectivity index (χ4v) is 2.54. The Kier molecular flexibility index (Phi) is 5.98. The first-order valence-corrected chi connectivity index (χ1v) is 8.29. The zero-order valence-electron chi connectivity index (χ0n) is 12.7. The van der Waals surface area contributed by atoms with Crippen molar-refractivity contribution in [3.63, 3.8) is 0 Å². The van der Waals surface area contributed by atoms with Gasteiger partial charge < -0.3 is 14.4 Å². The molecular formula is C14H18N4O3S. The average Bonchev–Trinajstić information content (AvgIpc) is 2.82. The Labute approximate surface area is 133 Å². The molecule has 0 amide bonds. The van der Waals surface area contributed by atoms with Crippen molar-refractivity contribution in [2.75, 3.05) is 44.1 Å². The van der Waals surface area contributed by atoms with Gasteiger partial charge in [0, 0.05) is 19.7 Å². The van der Waals surface area contributed by atoms with Crippen LogP contribution in [0.5, 0.6) is 0 Å². The molecule has 2 heterocycles. The molecule has 7 nitrogen and oxygen atoms in total. The van der Waals surface area contributed by atoms with Gasteiger partial charge in [-0.05, 0) is 19.6 Å². The van der Waals surface area contributed by atoms with Crippen LogP contribution in [0.15, 0.2) is 5.16 Å². The third-order valence-corrected chi connectivity index (χ3v) is 3.71. The quantitative estimate of drug-likeness (QED) is 0.468. The summed E-state index contributed by atoms with van der Waals surface area (Å²) < 4.78 is 10.5. The van der Waals surface area contributed by atoms with E-state index >= 15 is 0 Å². The highest BCUT2D eigenvalue weighted by Crippen LogP contribution is 2.25. The minimum Gasteiger partial charge on any atom is -0.462 e. The first kappa shape index (κ1) is 16.5. The third-order valence-electron chi connectivity index (χ3n) is 3.16. The van der Waals surface area contributed by atoms with E-state index in [2.05, 4.69) is 9.97 Å². The van der Waals surface area contributed by atoms with E-state index in [1.165, 1.54) is 11.8 Å². The molecule has 1 saturated heterocycles. The molecule has 1 fully saturated rings. The molecule has 0 spiro atoms. The molecule has 1 aliphatic rings. The van der Waals surface area contributed by atoms with Crippen LogP contribution >= 0.6 is 11.8 Å². The molecule has 1 aromatic rings. The average molecular weight is 322 g/mol. The van der Waals surface area contributed by atoms with Crippen LogP contribution < -0.4 is 4.90 Å². The van der Waals surface area contributed by atoms with Crippen molar-refractivity contribution >= 4 is 23.5 Å². The maximum atomic E-state index is 12.3. The molecule has 1 aliphatic heterocycles. The number of ether oxygens (including phenoxy) is 2. The molecule has 8 heteroatoms. The largest absolute Gasteiger partial charge is 0.462 e. The second-order valence-corrected chi connectivity index (χ2v) is 5.32. The van der Waals surface area contributed by atoms with E-state index in [-0.39, 0.29) is 17.9 Å². The molecule has 118 valence electrons. The van der Waals surface area contributed by atoms with Gasteiger partial charge in [-0.3, -0.25) is 0 Å². The Morgan fingerprint density at radius 2 is 2.27 bits per heavy atom. The van der Waals surface area contributed by atoms with E-state index in [4.69, 9.17) is 9.47 Å². The number of hydrogen-bond donors (Lipinski definition) is 0. The SMILES string of the molecule is CCOC(=O)c1c(C#N)nc(SC)nc1N1CCCOCC1. The first-order chi connectivity index (χ1) is 10.7. The first-order valence-electron chi connectivity index (χ1n) is 7.07. The van der Waals surface area contributed by atoms with Crippen molar-refractivity contribution < 1.29 is 14.3 Å². The van der Waals surface area contributed by atoms with Crippen LogP contribution in [0.3, 0.4) is 0 Å². The second kappa shape index (κ2) is 7.96. The number of rotatable bonds is 4. The number of carbonyl (C=O) groups is 1. The minimum atomic E-state index is -0.563. The fraction of sp³-hybridized carbons (Fsp3) is 0.571. The van der Waals surface area contributed by atoms with E-state index in [1.807, 2.05) is 17.2 Å². The highest BCUT2D eigenvalue weighted by Gasteiger charge is 2.26. The molecular weight excluding hydrogens is 304 g/mol. The standard InChI is InChI=1S/C14H18N4O3S/c1-3-21-13(19)11-10(9-15)16-14(22-2)17-12(11)18-5-4-7-20-8-6-18/h3-8H2,1-2H3. The van der Waals surface area contributed by atoms with Crippen LogP contribution in [0.2, 0.25) is 0 Å². The summed E-state index contributed by atoms with van der Waals surface area (Å²) in [5.41, 5.74) is 0.196. The number of hydrogen-bond acceptors (Lipinski definition) is 8. The van der Waals surface area contributed by atoms with E-state index in [9.17, 15) is 10.1 Å². The van der Waals surface area contributed by atoms with Gasteiger partial charge in [0.1, 0.15) is 17.5 Å². The van der Waals surface area contributed by atoms with Crippen LogP contribution in [0.4, 0.5) is 5.82 Å². The van der Waals surface area contributed by atoms with Crippen molar-refractivity contribution in [2.45, 2.75) is 18.5 Å².